The van der Waals surface area contributed by atoms with Crippen LogP contribution >= 0.6 is 0 Å². The molecule has 0 bridgehead atoms. The van der Waals surface area contributed by atoms with Crippen LogP contribution in [-0.2, 0) is 7.05 Å². The van der Waals surface area contributed by atoms with Crippen LogP contribution in [0.2, 0.25) is 0 Å². The second-order valence-electron chi connectivity index (χ2n) is 9.13. The Kier molecular flexibility index (Phi) is 6.43. The van der Waals surface area contributed by atoms with Crippen LogP contribution < -0.4 is 25.4 Å². The average molecular weight is 505 g/mol. The van der Waals surface area contributed by atoms with E-state index in [1.807, 2.05) is 30.7 Å². The van der Waals surface area contributed by atoms with Crippen LogP contribution in [0.25, 0.3) is 22.3 Å². The molecule has 0 spiro atoms. The molecule has 37 heavy (non-hydrogen) atoms. The Morgan fingerprint density at radius 3 is 2.81 bits per heavy atom. The fourth-order valence-corrected chi connectivity index (χ4v) is 5.09. The van der Waals surface area contributed by atoms with Gasteiger partial charge in [-0.15, -0.1) is 0 Å². The van der Waals surface area contributed by atoms with Gasteiger partial charge in [-0.1, -0.05) is 6.07 Å². The molecule has 0 aliphatic carbocycles. The molecular weight excluding hydrogens is 475 g/mol. The summed E-state index contributed by atoms with van der Waals surface area (Å²) in [5.41, 5.74) is 8.87. The highest BCUT2D eigenvalue weighted by Gasteiger charge is 2.30. The zero-order valence-corrected chi connectivity index (χ0v) is 21.0. The van der Waals surface area contributed by atoms with Gasteiger partial charge in [-0.3, -0.25) is 4.79 Å². The third-order valence-electron chi connectivity index (χ3n) is 7.06. The number of methoxy groups -OCH3 is 1. The maximum atomic E-state index is 14.7. The Morgan fingerprint density at radius 1 is 1.27 bits per heavy atom. The number of hydrogen-bond acceptors (Lipinski definition) is 6. The molecule has 0 radical (unpaired) electrons. The Morgan fingerprint density at radius 2 is 2.05 bits per heavy atom. The minimum Gasteiger partial charge on any atom is -0.618 e. The highest BCUT2D eigenvalue weighted by atomic mass is 19.1. The van der Waals surface area contributed by atoms with Crippen LogP contribution in [0, 0.1) is 17.9 Å². The van der Waals surface area contributed by atoms with E-state index < -0.39 is 11.7 Å². The number of rotatable bonds is 6. The lowest BCUT2D eigenvalue weighted by molar-refractivity contribution is -0.596. The number of benzene rings is 2. The van der Waals surface area contributed by atoms with E-state index in [-0.39, 0.29) is 28.7 Å². The number of fused-ring (bicyclic) bond motifs is 1. The quantitative estimate of drug-likeness (QED) is 0.307. The molecule has 1 aliphatic rings. The van der Waals surface area contributed by atoms with Gasteiger partial charge in [0.1, 0.15) is 28.5 Å². The van der Waals surface area contributed by atoms with Crippen molar-refractivity contribution in [2.45, 2.75) is 25.8 Å². The lowest BCUT2D eigenvalue weighted by Crippen LogP contribution is -2.39. The Labute approximate surface area is 213 Å². The molecule has 4 aromatic rings. The fraction of sp³-hybridized carbons (Fsp3) is 0.296. The van der Waals surface area contributed by atoms with E-state index in [0.717, 1.165) is 41.9 Å². The number of nitrogens with zero attached hydrogens (tertiary/aromatic N) is 4. The number of carbonyl (C=O) groups excluding carboxylic acids is 1. The fourth-order valence-electron chi connectivity index (χ4n) is 5.09. The van der Waals surface area contributed by atoms with E-state index >= 15 is 0 Å². The van der Waals surface area contributed by atoms with Gasteiger partial charge in [0, 0.05) is 38.3 Å². The van der Waals surface area contributed by atoms with E-state index in [1.54, 1.807) is 12.1 Å². The number of nitrogens with two attached hydrogens (primary N) is 1. The molecule has 1 amide bonds. The highest BCUT2D eigenvalue weighted by molar-refractivity contribution is 6.08. The molecule has 2 aromatic carbocycles. The average Bonchev–Trinajstić information content (AvgIpc) is 3.48. The van der Waals surface area contributed by atoms with Gasteiger partial charge >= 0.3 is 5.91 Å². The number of imidazole rings is 1. The van der Waals surface area contributed by atoms with E-state index in [2.05, 4.69) is 10.2 Å². The minimum atomic E-state index is -0.623. The Balaban J connectivity index is 1.59. The van der Waals surface area contributed by atoms with Gasteiger partial charge in [0.25, 0.3) is 5.69 Å². The molecule has 2 aromatic heterocycles. The molecule has 1 saturated heterocycles. The van der Waals surface area contributed by atoms with Crippen molar-refractivity contribution in [1.29, 1.82) is 0 Å². The molecular formula is C27H29FN6O3. The first-order chi connectivity index (χ1) is 17.8. The largest absolute Gasteiger partial charge is 0.618 e. The number of ether oxygens (including phenoxy) is 1. The van der Waals surface area contributed by atoms with Gasteiger partial charge < -0.3 is 30.5 Å². The van der Waals surface area contributed by atoms with E-state index in [9.17, 15) is 14.4 Å². The molecule has 3 N–H and O–H groups in total. The number of aryl methyl sites for hydroxylation is 2. The van der Waals surface area contributed by atoms with E-state index in [1.165, 1.54) is 31.4 Å². The highest BCUT2D eigenvalue weighted by Crippen LogP contribution is 2.38. The summed E-state index contributed by atoms with van der Waals surface area (Å²) in [6.07, 6.45) is 1.92. The molecule has 5 rings (SSSR count). The number of halogens is 1. The van der Waals surface area contributed by atoms with Crippen molar-refractivity contribution in [1.82, 2.24) is 9.55 Å². The van der Waals surface area contributed by atoms with Crippen molar-refractivity contribution in [3.05, 3.63) is 71.1 Å². The molecule has 10 heteroatoms. The van der Waals surface area contributed by atoms with E-state index in [0.29, 0.717) is 17.0 Å². The zero-order valence-electron chi connectivity index (χ0n) is 21.0. The van der Waals surface area contributed by atoms with Gasteiger partial charge in [0.15, 0.2) is 0 Å². The molecule has 1 aliphatic heterocycles. The maximum Gasteiger partial charge on any atom is 0.321 e. The number of hydrogen-bond donors (Lipinski definition) is 2. The van der Waals surface area contributed by atoms with Crippen LogP contribution in [-0.4, -0.2) is 41.7 Å². The number of nitrogens with one attached hydrogen (secondary N) is 1. The molecule has 1 atom stereocenters. The SMILES string of the molecule is COc1cccc(F)c1-c1cccc(C(=O)Nc2ccc3c(nc(C)n3C)c2N2CCC[C@H]2CN)[n+]1[O-]. The van der Waals surface area contributed by atoms with Crippen LogP contribution in [0.5, 0.6) is 5.75 Å². The predicted molar refractivity (Wildman–Crippen MR) is 140 cm³/mol. The third-order valence-corrected chi connectivity index (χ3v) is 7.06. The standard InChI is InChI=1S/C27H29FN6O3/c1-16-30-25-21(32(16)2)13-12-19(26(25)33-14-6-7-17(33)15-29)31-27(35)22-10-5-9-20(34(22)36)24-18(28)8-4-11-23(24)37-3/h4-5,8-13,17H,6-7,14-15,29H2,1-3H3,(H,31,35)/t17-/m0/s1. The Bertz CT molecular complexity index is 1500. The second-order valence-corrected chi connectivity index (χ2v) is 9.13. The summed E-state index contributed by atoms with van der Waals surface area (Å²) in [6, 6.07) is 12.5. The molecule has 3 heterocycles. The minimum absolute atomic E-state index is 0.0106. The van der Waals surface area contributed by atoms with E-state index in [4.69, 9.17) is 15.5 Å². The monoisotopic (exact) mass is 504 g/mol. The van der Waals surface area contributed by atoms with Gasteiger partial charge in [0.05, 0.1) is 24.0 Å². The van der Waals surface area contributed by atoms with Gasteiger partial charge in [-0.05, 0) is 50.1 Å². The summed E-state index contributed by atoms with van der Waals surface area (Å²) in [6.45, 7) is 3.18. The van der Waals surface area contributed by atoms with Gasteiger partial charge in [-0.2, -0.15) is 4.73 Å². The summed E-state index contributed by atoms with van der Waals surface area (Å²) in [5.74, 6) is -0.208. The zero-order chi connectivity index (χ0) is 26.3. The maximum absolute atomic E-state index is 14.7. The third kappa shape index (κ3) is 4.13. The smallest absolute Gasteiger partial charge is 0.321 e. The van der Waals surface area contributed by atoms with Crippen molar-refractivity contribution in [2.24, 2.45) is 12.8 Å². The number of aromatic nitrogens is 3. The van der Waals surface area contributed by atoms with Crippen LogP contribution in [0.15, 0.2) is 48.5 Å². The first kappa shape index (κ1) is 24.5. The molecule has 192 valence electrons. The number of carbonyl (C=O) groups is 1. The predicted octanol–water partition coefficient (Wildman–Crippen LogP) is 3.51. The van der Waals surface area contributed by atoms with Gasteiger partial charge in [0.2, 0.25) is 5.69 Å². The number of anilines is 2. The number of amides is 1. The van der Waals surface area contributed by atoms with Crippen molar-refractivity contribution in [3.63, 3.8) is 0 Å². The lowest BCUT2D eigenvalue weighted by atomic mass is 10.1. The van der Waals surface area contributed by atoms with Crippen molar-refractivity contribution < 1.29 is 18.7 Å². The van der Waals surface area contributed by atoms with Crippen LogP contribution in [0.4, 0.5) is 15.8 Å². The van der Waals surface area contributed by atoms with Gasteiger partial charge in [-0.25, -0.2) is 9.37 Å². The summed E-state index contributed by atoms with van der Waals surface area (Å²) >= 11 is 0. The first-order valence-corrected chi connectivity index (χ1v) is 12.1. The summed E-state index contributed by atoms with van der Waals surface area (Å²) in [5, 5.41) is 16.2. The van der Waals surface area contributed by atoms with Crippen molar-refractivity contribution in [3.8, 4) is 17.0 Å². The summed E-state index contributed by atoms with van der Waals surface area (Å²) < 4.78 is 22.4. The summed E-state index contributed by atoms with van der Waals surface area (Å²) in [4.78, 5) is 20.4. The molecule has 9 nitrogen and oxygen atoms in total. The topological polar surface area (TPSA) is 112 Å². The lowest BCUT2D eigenvalue weighted by Gasteiger charge is -2.28. The Hall–Kier alpha value is -4.18. The van der Waals surface area contributed by atoms with Crippen molar-refractivity contribution >= 4 is 28.3 Å². The molecule has 1 fully saturated rings. The number of pyridine rings is 1. The van der Waals surface area contributed by atoms with Crippen molar-refractivity contribution in [2.75, 3.05) is 30.4 Å². The van der Waals surface area contributed by atoms with Crippen LogP contribution in [0.3, 0.4) is 0 Å². The first-order valence-electron chi connectivity index (χ1n) is 12.1. The molecule has 0 unspecified atom stereocenters. The molecule has 0 saturated carbocycles. The van der Waals surface area contributed by atoms with Crippen LogP contribution in [0.1, 0.15) is 29.2 Å². The second kappa shape index (κ2) is 9.70. The summed E-state index contributed by atoms with van der Waals surface area (Å²) in [7, 11) is 3.34. The normalized spacial score (nSPS) is 15.4.